The van der Waals surface area contributed by atoms with Gasteiger partial charge in [-0.2, -0.15) is 0 Å². The Morgan fingerprint density at radius 3 is 2.43 bits per heavy atom. The van der Waals surface area contributed by atoms with Crippen molar-refractivity contribution in [3.63, 3.8) is 0 Å². The minimum absolute atomic E-state index is 0.0519. The summed E-state index contributed by atoms with van der Waals surface area (Å²) in [6, 6.07) is 22.7. The molecule has 35 heavy (non-hydrogen) atoms. The molecule has 2 amide bonds. The average Bonchev–Trinajstić information content (AvgIpc) is 2.89. The van der Waals surface area contributed by atoms with Crippen LogP contribution in [0.2, 0.25) is 0 Å². The van der Waals surface area contributed by atoms with E-state index in [-0.39, 0.29) is 23.6 Å². The molecule has 1 saturated heterocycles. The molecule has 0 radical (unpaired) electrons. The van der Waals surface area contributed by atoms with Gasteiger partial charge >= 0.3 is 0 Å². The number of phenolic OH excluding ortho intramolecular Hbond substituents is 1. The summed E-state index contributed by atoms with van der Waals surface area (Å²) in [5, 5.41) is 16.4. The van der Waals surface area contributed by atoms with E-state index in [2.05, 4.69) is 27.7 Å². The topological polar surface area (TPSA) is 84.9 Å². The number of hydrogen-bond donors (Lipinski definition) is 3. The Morgan fingerprint density at radius 2 is 1.66 bits per heavy atom. The van der Waals surface area contributed by atoms with E-state index in [4.69, 9.17) is 0 Å². The number of nitrogens with one attached hydrogen (secondary N) is 2. The molecular weight excluding hydrogens is 440 g/mol. The number of amides is 2. The quantitative estimate of drug-likeness (QED) is 0.505. The summed E-state index contributed by atoms with van der Waals surface area (Å²) in [6.45, 7) is 2.44. The lowest BCUT2D eigenvalue weighted by atomic mass is 10.0. The lowest BCUT2D eigenvalue weighted by Gasteiger charge is -2.36. The van der Waals surface area contributed by atoms with Crippen LogP contribution in [0.4, 0.5) is 17.1 Å². The summed E-state index contributed by atoms with van der Waals surface area (Å²) in [6.07, 6.45) is 2.58. The Bertz CT molecular complexity index is 1210. The number of aryl methyl sites for hydroxylation is 1. The van der Waals surface area contributed by atoms with Gasteiger partial charge in [-0.15, -0.1) is 0 Å². The number of piperazine rings is 1. The van der Waals surface area contributed by atoms with E-state index in [1.54, 1.807) is 18.2 Å². The van der Waals surface area contributed by atoms with E-state index in [9.17, 15) is 14.7 Å². The zero-order valence-electron chi connectivity index (χ0n) is 19.6. The van der Waals surface area contributed by atoms with Gasteiger partial charge in [-0.3, -0.25) is 9.59 Å². The summed E-state index contributed by atoms with van der Waals surface area (Å²) in [5.41, 5.74) is 4.11. The molecule has 1 fully saturated rings. The normalized spacial score (nSPS) is 17.4. The second-order valence-corrected chi connectivity index (χ2v) is 9.09. The largest absolute Gasteiger partial charge is 0.506 e. The molecule has 0 saturated carbocycles. The molecule has 7 heteroatoms. The highest BCUT2D eigenvalue weighted by molar-refractivity contribution is 6.05. The van der Waals surface area contributed by atoms with E-state index in [0.717, 1.165) is 30.6 Å². The number of anilines is 3. The van der Waals surface area contributed by atoms with Crippen LogP contribution in [-0.2, 0) is 11.2 Å². The van der Waals surface area contributed by atoms with Crippen molar-refractivity contribution >= 4 is 28.9 Å². The van der Waals surface area contributed by atoms with Gasteiger partial charge < -0.3 is 25.5 Å². The van der Waals surface area contributed by atoms with Crippen LogP contribution in [-0.4, -0.2) is 54.0 Å². The minimum atomic E-state index is -0.282. The summed E-state index contributed by atoms with van der Waals surface area (Å²) < 4.78 is 0. The maximum Gasteiger partial charge on any atom is 0.254 e. The SMILES string of the molecule is O=C1Nc2cc(C(=O)N3CCN(c4ccccc4O)CC3)ccc2NC1CCCc1ccccc1. The van der Waals surface area contributed by atoms with Gasteiger partial charge in [-0.05, 0) is 55.2 Å². The molecule has 180 valence electrons. The third-order valence-corrected chi connectivity index (χ3v) is 6.76. The second-order valence-electron chi connectivity index (χ2n) is 9.09. The Labute approximate surface area is 205 Å². The summed E-state index contributed by atoms with van der Waals surface area (Å²) in [7, 11) is 0. The fourth-order valence-corrected chi connectivity index (χ4v) is 4.80. The molecule has 0 bridgehead atoms. The molecule has 0 aromatic heterocycles. The van der Waals surface area contributed by atoms with Crippen LogP contribution in [0.15, 0.2) is 72.8 Å². The number of aromatic hydroxyl groups is 1. The molecule has 5 rings (SSSR count). The predicted molar refractivity (Wildman–Crippen MR) is 138 cm³/mol. The maximum atomic E-state index is 13.1. The number of fused-ring (bicyclic) bond motifs is 1. The van der Waals surface area contributed by atoms with Crippen molar-refractivity contribution in [2.75, 3.05) is 41.7 Å². The van der Waals surface area contributed by atoms with Gasteiger partial charge in [0.25, 0.3) is 5.91 Å². The van der Waals surface area contributed by atoms with Crippen molar-refractivity contribution in [2.24, 2.45) is 0 Å². The van der Waals surface area contributed by atoms with Crippen LogP contribution in [0.5, 0.6) is 5.75 Å². The van der Waals surface area contributed by atoms with Crippen molar-refractivity contribution in [2.45, 2.75) is 25.3 Å². The number of phenols is 1. The average molecular weight is 471 g/mol. The molecule has 3 aromatic rings. The maximum absolute atomic E-state index is 13.1. The predicted octanol–water partition coefficient (Wildman–Crippen LogP) is 4.11. The van der Waals surface area contributed by atoms with Gasteiger partial charge in [0.1, 0.15) is 11.8 Å². The Morgan fingerprint density at radius 1 is 0.914 bits per heavy atom. The van der Waals surface area contributed by atoms with Crippen molar-refractivity contribution < 1.29 is 14.7 Å². The summed E-state index contributed by atoms with van der Waals surface area (Å²) in [5.74, 6) is 0.138. The van der Waals surface area contributed by atoms with E-state index >= 15 is 0 Å². The van der Waals surface area contributed by atoms with Crippen molar-refractivity contribution in [3.05, 3.63) is 83.9 Å². The third-order valence-electron chi connectivity index (χ3n) is 6.76. The molecule has 7 nitrogen and oxygen atoms in total. The third kappa shape index (κ3) is 5.09. The first kappa shape index (κ1) is 22.8. The highest BCUT2D eigenvalue weighted by Gasteiger charge is 2.28. The van der Waals surface area contributed by atoms with Gasteiger partial charge in [-0.1, -0.05) is 42.5 Å². The lowest BCUT2D eigenvalue weighted by Crippen LogP contribution is -2.48. The van der Waals surface area contributed by atoms with E-state index < -0.39 is 0 Å². The van der Waals surface area contributed by atoms with Crippen LogP contribution >= 0.6 is 0 Å². The van der Waals surface area contributed by atoms with E-state index in [0.29, 0.717) is 37.4 Å². The van der Waals surface area contributed by atoms with Gasteiger partial charge in [-0.25, -0.2) is 0 Å². The highest BCUT2D eigenvalue weighted by Crippen LogP contribution is 2.31. The van der Waals surface area contributed by atoms with Crippen LogP contribution in [0.3, 0.4) is 0 Å². The van der Waals surface area contributed by atoms with E-state index in [1.165, 1.54) is 5.56 Å². The Hall–Kier alpha value is -4.00. The van der Waals surface area contributed by atoms with Gasteiger partial charge in [0.15, 0.2) is 0 Å². The van der Waals surface area contributed by atoms with Crippen molar-refractivity contribution in [1.29, 1.82) is 0 Å². The van der Waals surface area contributed by atoms with Crippen LogP contribution in [0.1, 0.15) is 28.8 Å². The van der Waals surface area contributed by atoms with Gasteiger partial charge in [0.2, 0.25) is 5.91 Å². The first-order valence-electron chi connectivity index (χ1n) is 12.2. The van der Waals surface area contributed by atoms with E-state index in [1.807, 2.05) is 47.4 Å². The van der Waals surface area contributed by atoms with Gasteiger partial charge in [0, 0.05) is 31.7 Å². The second kappa shape index (κ2) is 10.1. The molecule has 2 heterocycles. The van der Waals surface area contributed by atoms with Crippen LogP contribution in [0.25, 0.3) is 0 Å². The molecule has 2 aliphatic heterocycles. The molecule has 0 aliphatic carbocycles. The molecule has 1 atom stereocenters. The fraction of sp³-hybridized carbons (Fsp3) is 0.286. The monoisotopic (exact) mass is 470 g/mol. The number of carbonyl (C=O) groups is 2. The van der Waals surface area contributed by atoms with Crippen LogP contribution < -0.4 is 15.5 Å². The molecule has 3 N–H and O–H groups in total. The number of rotatable bonds is 6. The standard InChI is InChI=1S/C28H30N4O3/c33-26-12-5-4-11-25(26)31-15-17-32(18-16-31)28(35)21-13-14-22-24(19-21)30-27(34)23(29-22)10-6-9-20-7-2-1-3-8-20/h1-5,7-8,11-14,19,23,29,33H,6,9-10,15-18H2,(H,30,34). The molecule has 3 aromatic carbocycles. The molecular formula is C28H30N4O3. The molecule has 2 aliphatic rings. The Balaban J connectivity index is 1.18. The van der Waals surface area contributed by atoms with Crippen LogP contribution in [0, 0.1) is 0 Å². The first-order chi connectivity index (χ1) is 17.1. The minimum Gasteiger partial charge on any atom is -0.506 e. The number of nitrogens with zero attached hydrogens (tertiary/aromatic N) is 2. The highest BCUT2D eigenvalue weighted by atomic mass is 16.3. The number of hydrogen-bond acceptors (Lipinski definition) is 5. The first-order valence-corrected chi connectivity index (χ1v) is 12.2. The Kier molecular flexibility index (Phi) is 6.57. The van der Waals surface area contributed by atoms with Crippen molar-refractivity contribution in [1.82, 2.24) is 4.90 Å². The smallest absolute Gasteiger partial charge is 0.254 e. The summed E-state index contributed by atoms with van der Waals surface area (Å²) >= 11 is 0. The number of benzene rings is 3. The number of carbonyl (C=O) groups excluding carboxylic acids is 2. The van der Waals surface area contributed by atoms with Gasteiger partial charge in [0.05, 0.1) is 17.1 Å². The zero-order valence-corrected chi connectivity index (χ0v) is 19.6. The number of para-hydroxylation sites is 2. The molecule has 0 spiro atoms. The fourth-order valence-electron chi connectivity index (χ4n) is 4.80. The summed E-state index contributed by atoms with van der Waals surface area (Å²) in [4.78, 5) is 29.7. The van der Waals surface area contributed by atoms with Crippen molar-refractivity contribution in [3.8, 4) is 5.75 Å². The molecule has 1 unspecified atom stereocenters. The lowest BCUT2D eigenvalue weighted by molar-refractivity contribution is -0.117. The zero-order chi connectivity index (χ0) is 24.2.